The highest BCUT2D eigenvalue weighted by Gasteiger charge is 2.36. The Labute approximate surface area is 82.0 Å². The Hall–Kier alpha value is -1.49. The quantitative estimate of drug-likeness (QED) is 0.736. The molecule has 0 bridgehead atoms. The predicted octanol–water partition coefficient (Wildman–Crippen LogP) is 0.587. The minimum Gasteiger partial charge on any atom is -0.481 e. The van der Waals surface area contributed by atoms with Crippen LogP contribution in [-0.2, 0) is 4.79 Å². The van der Waals surface area contributed by atoms with Gasteiger partial charge in [0.2, 0.25) is 0 Å². The van der Waals surface area contributed by atoms with Gasteiger partial charge >= 0.3 is 5.97 Å². The number of hydrogen-bond donors (Lipinski definition) is 2. The van der Waals surface area contributed by atoms with E-state index >= 15 is 0 Å². The van der Waals surface area contributed by atoms with Crippen molar-refractivity contribution in [3.8, 4) is 0 Å². The molecule has 0 aliphatic rings. The standard InChI is InChI=1S/C9H13N3O2/c1-9(2,8(13)14)7(10)6-5-11-3-4-12-6/h3-5,7H,10H2,1-2H3,(H,13,14). The fourth-order valence-electron chi connectivity index (χ4n) is 0.974. The van der Waals surface area contributed by atoms with E-state index < -0.39 is 17.4 Å². The molecule has 14 heavy (non-hydrogen) atoms. The van der Waals surface area contributed by atoms with Crippen LogP contribution in [0.1, 0.15) is 25.6 Å². The zero-order valence-corrected chi connectivity index (χ0v) is 8.14. The molecular weight excluding hydrogens is 182 g/mol. The number of nitrogens with zero attached hydrogens (tertiary/aromatic N) is 2. The Morgan fingerprint density at radius 3 is 2.64 bits per heavy atom. The monoisotopic (exact) mass is 195 g/mol. The summed E-state index contributed by atoms with van der Waals surface area (Å²) in [7, 11) is 0. The molecule has 0 aliphatic carbocycles. The Balaban J connectivity index is 2.96. The van der Waals surface area contributed by atoms with Gasteiger partial charge in [-0.2, -0.15) is 0 Å². The average Bonchev–Trinajstić information content (AvgIpc) is 2.17. The van der Waals surface area contributed by atoms with Crippen LogP contribution in [0.3, 0.4) is 0 Å². The lowest BCUT2D eigenvalue weighted by Gasteiger charge is -2.25. The highest BCUT2D eigenvalue weighted by Crippen LogP contribution is 2.29. The van der Waals surface area contributed by atoms with Crippen LogP contribution >= 0.6 is 0 Å². The van der Waals surface area contributed by atoms with E-state index in [0.717, 1.165) is 0 Å². The minimum absolute atomic E-state index is 0.486. The van der Waals surface area contributed by atoms with Crippen molar-refractivity contribution in [1.82, 2.24) is 9.97 Å². The molecule has 1 heterocycles. The van der Waals surface area contributed by atoms with E-state index in [0.29, 0.717) is 5.69 Å². The molecule has 5 heteroatoms. The van der Waals surface area contributed by atoms with Crippen LogP contribution in [0.25, 0.3) is 0 Å². The molecule has 5 nitrogen and oxygen atoms in total. The third kappa shape index (κ3) is 1.88. The first-order chi connectivity index (χ1) is 6.46. The van der Waals surface area contributed by atoms with E-state index in [2.05, 4.69) is 9.97 Å². The predicted molar refractivity (Wildman–Crippen MR) is 50.4 cm³/mol. The van der Waals surface area contributed by atoms with Gasteiger partial charge in [0.25, 0.3) is 0 Å². The van der Waals surface area contributed by atoms with Gasteiger partial charge in [-0.3, -0.25) is 14.8 Å². The van der Waals surface area contributed by atoms with E-state index in [1.54, 1.807) is 13.8 Å². The van der Waals surface area contributed by atoms with Crippen molar-refractivity contribution in [1.29, 1.82) is 0 Å². The number of carboxylic acids is 1. The summed E-state index contributed by atoms with van der Waals surface area (Å²) >= 11 is 0. The lowest BCUT2D eigenvalue weighted by atomic mass is 9.83. The van der Waals surface area contributed by atoms with Crippen LogP contribution in [0.5, 0.6) is 0 Å². The van der Waals surface area contributed by atoms with Crippen molar-refractivity contribution in [2.24, 2.45) is 11.1 Å². The van der Waals surface area contributed by atoms with Crippen LogP contribution in [0.15, 0.2) is 18.6 Å². The van der Waals surface area contributed by atoms with Gasteiger partial charge in [0, 0.05) is 18.6 Å². The molecule has 0 saturated heterocycles. The van der Waals surface area contributed by atoms with Crippen LogP contribution < -0.4 is 5.73 Å². The SMILES string of the molecule is CC(C)(C(=O)O)C(N)c1cnccn1. The lowest BCUT2D eigenvalue weighted by molar-refractivity contribution is -0.148. The molecule has 0 saturated carbocycles. The second-order valence-electron chi connectivity index (χ2n) is 3.63. The summed E-state index contributed by atoms with van der Waals surface area (Å²) in [6.45, 7) is 3.13. The molecule has 0 radical (unpaired) electrons. The number of hydrogen-bond acceptors (Lipinski definition) is 4. The van der Waals surface area contributed by atoms with Gasteiger partial charge in [-0.05, 0) is 13.8 Å². The highest BCUT2D eigenvalue weighted by atomic mass is 16.4. The van der Waals surface area contributed by atoms with Gasteiger partial charge in [0.15, 0.2) is 0 Å². The topological polar surface area (TPSA) is 89.1 Å². The normalized spacial score (nSPS) is 13.6. The first-order valence-corrected chi connectivity index (χ1v) is 4.21. The van der Waals surface area contributed by atoms with Gasteiger partial charge in [-0.25, -0.2) is 0 Å². The van der Waals surface area contributed by atoms with Crippen LogP contribution in [0, 0.1) is 5.41 Å². The first-order valence-electron chi connectivity index (χ1n) is 4.21. The third-order valence-electron chi connectivity index (χ3n) is 2.23. The summed E-state index contributed by atoms with van der Waals surface area (Å²) in [5.74, 6) is -0.948. The van der Waals surface area contributed by atoms with Gasteiger partial charge in [-0.1, -0.05) is 0 Å². The third-order valence-corrected chi connectivity index (χ3v) is 2.23. The summed E-state index contributed by atoms with van der Waals surface area (Å²) in [5, 5.41) is 8.94. The van der Waals surface area contributed by atoms with E-state index in [4.69, 9.17) is 10.8 Å². The Kier molecular flexibility index (Phi) is 2.81. The van der Waals surface area contributed by atoms with E-state index in [9.17, 15) is 4.79 Å². The van der Waals surface area contributed by atoms with Gasteiger partial charge in [0.1, 0.15) is 0 Å². The van der Waals surface area contributed by atoms with Crippen LogP contribution in [0.2, 0.25) is 0 Å². The Bertz CT molecular complexity index is 324. The molecule has 3 N–H and O–H groups in total. The molecular formula is C9H13N3O2. The molecule has 1 unspecified atom stereocenters. The molecule has 1 atom stereocenters. The van der Waals surface area contributed by atoms with Gasteiger partial charge < -0.3 is 10.8 Å². The largest absolute Gasteiger partial charge is 0.481 e. The number of carboxylic acid groups (broad SMARTS) is 1. The van der Waals surface area contributed by atoms with Crippen molar-refractivity contribution in [3.05, 3.63) is 24.3 Å². The maximum Gasteiger partial charge on any atom is 0.311 e. The molecule has 1 aromatic rings. The first kappa shape index (κ1) is 10.6. The zero-order chi connectivity index (χ0) is 10.8. The van der Waals surface area contributed by atoms with Crippen molar-refractivity contribution < 1.29 is 9.90 Å². The summed E-state index contributed by atoms with van der Waals surface area (Å²) in [6, 6.07) is -0.659. The van der Waals surface area contributed by atoms with E-state index in [1.165, 1.54) is 18.6 Å². The molecule has 1 aromatic heterocycles. The van der Waals surface area contributed by atoms with Crippen molar-refractivity contribution in [3.63, 3.8) is 0 Å². The summed E-state index contributed by atoms with van der Waals surface area (Å²) in [4.78, 5) is 18.7. The maximum absolute atomic E-state index is 10.9. The molecule has 0 spiro atoms. The fraction of sp³-hybridized carbons (Fsp3) is 0.444. The second kappa shape index (κ2) is 3.71. The highest BCUT2D eigenvalue weighted by molar-refractivity contribution is 5.74. The van der Waals surface area contributed by atoms with Crippen LogP contribution in [-0.4, -0.2) is 21.0 Å². The molecule has 76 valence electrons. The molecule has 1 rings (SSSR count). The minimum atomic E-state index is -1.05. The average molecular weight is 195 g/mol. The van der Waals surface area contributed by atoms with Gasteiger partial charge in [0.05, 0.1) is 17.2 Å². The van der Waals surface area contributed by atoms with Crippen molar-refractivity contribution in [2.75, 3.05) is 0 Å². The lowest BCUT2D eigenvalue weighted by Crippen LogP contribution is -2.36. The fourth-order valence-corrected chi connectivity index (χ4v) is 0.974. The van der Waals surface area contributed by atoms with Gasteiger partial charge in [-0.15, -0.1) is 0 Å². The summed E-state index contributed by atoms with van der Waals surface area (Å²) < 4.78 is 0. The maximum atomic E-state index is 10.9. The number of rotatable bonds is 3. The molecule has 0 aliphatic heterocycles. The number of nitrogens with two attached hydrogens (primary N) is 1. The summed E-state index contributed by atoms with van der Waals surface area (Å²) in [6.07, 6.45) is 4.49. The molecule has 0 aromatic carbocycles. The smallest absolute Gasteiger partial charge is 0.311 e. The number of aromatic nitrogens is 2. The van der Waals surface area contributed by atoms with E-state index in [1.807, 2.05) is 0 Å². The summed E-state index contributed by atoms with van der Waals surface area (Å²) in [5.41, 5.74) is 5.23. The number of carbonyl (C=O) groups is 1. The Morgan fingerprint density at radius 1 is 1.57 bits per heavy atom. The Morgan fingerprint density at radius 2 is 2.21 bits per heavy atom. The zero-order valence-electron chi connectivity index (χ0n) is 8.14. The van der Waals surface area contributed by atoms with E-state index in [-0.39, 0.29) is 0 Å². The molecule has 0 amide bonds. The molecule has 0 fully saturated rings. The van der Waals surface area contributed by atoms with Crippen LogP contribution in [0.4, 0.5) is 0 Å². The number of aliphatic carboxylic acids is 1. The van der Waals surface area contributed by atoms with Crippen molar-refractivity contribution in [2.45, 2.75) is 19.9 Å². The second-order valence-corrected chi connectivity index (χ2v) is 3.63. The van der Waals surface area contributed by atoms with Crippen molar-refractivity contribution >= 4 is 5.97 Å².